The number of benzene rings is 1. The first-order valence-electron chi connectivity index (χ1n) is 8.77. The molecule has 7 heteroatoms. The molecule has 1 aromatic heterocycles. The maximum atomic E-state index is 12.1. The zero-order valence-corrected chi connectivity index (χ0v) is 15.4. The molecule has 3 rings (SSSR count). The van der Waals surface area contributed by atoms with E-state index < -0.39 is 9.84 Å². The molecule has 0 spiro atoms. The van der Waals surface area contributed by atoms with Crippen LogP contribution in [0.2, 0.25) is 0 Å². The van der Waals surface area contributed by atoms with E-state index in [-0.39, 0.29) is 24.5 Å². The van der Waals surface area contributed by atoms with Crippen LogP contribution >= 0.6 is 0 Å². The van der Waals surface area contributed by atoms with Gasteiger partial charge in [0.15, 0.2) is 9.84 Å². The van der Waals surface area contributed by atoms with Gasteiger partial charge in [-0.15, -0.1) is 0 Å². The zero-order valence-electron chi connectivity index (χ0n) is 14.6. The number of aliphatic hydroxyl groups excluding tert-OH is 1. The van der Waals surface area contributed by atoms with E-state index in [4.69, 9.17) is 9.84 Å². The highest BCUT2D eigenvalue weighted by Crippen LogP contribution is 2.24. The van der Waals surface area contributed by atoms with E-state index in [1.54, 1.807) is 18.5 Å². The van der Waals surface area contributed by atoms with Crippen LogP contribution in [0.5, 0.6) is 5.75 Å². The number of sulfone groups is 1. The van der Waals surface area contributed by atoms with Gasteiger partial charge in [-0.3, -0.25) is 4.98 Å². The van der Waals surface area contributed by atoms with Crippen LogP contribution in [0.3, 0.4) is 0 Å². The number of aromatic nitrogens is 1. The maximum absolute atomic E-state index is 12.1. The molecule has 0 unspecified atom stereocenters. The average molecular weight is 376 g/mol. The minimum absolute atomic E-state index is 0.00614. The van der Waals surface area contributed by atoms with Gasteiger partial charge in [0.2, 0.25) is 0 Å². The molecule has 0 amide bonds. The number of ether oxygens (including phenoxy) is 1. The standard InChI is InChI=1S/C19H24N2O4S/c22-7-2-8-26(23,24)14-15-3-1-4-16(9-15)17-10-19(12-20-11-17)25-13-18-5-6-21-18/h1,3-4,9-12,18,21-22H,2,5-8,13-14H2/t18-/m0/s1. The lowest BCUT2D eigenvalue weighted by Gasteiger charge is -2.27. The van der Waals surface area contributed by atoms with E-state index >= 15 is 0 Å². The highest BCUT2D eigenvalue weighted by atomic mass is 32.2. The summed E-state index contributed by atoms with van der Waals surface area (Å²) in [4.78, 5) is 4.24. The molecule has 2 heterocycles. The first kappa shape index (κ1) is 18.8. The summed E-state index contributed by atoms with van der Waals surface area (Å²) in [6.07, 6.45) is 4.82. The highest BCUT2D eigenvalue weighted by molar-refractivity contribution is 7.90. The van der Waals surface area contributed by atoms with Gasteiger partial charge in [-0.1, -0.05) is 24.3 Å². The Hall–Kier alpha value is -1.96. The van der Waals surface area contributed by atoms with Crippen molar-refractivity contribution in [1.29, 1.82) is 0 Å². The molecular weight excluding hydrogens is 352 g/mol. The summed E-state index contributed by atoms with van der Waals surface area (Å²) in [5.41, 5.74) is 2.52. The Morgan fingerprint density at radius 1 is 1.23 bits per heavy atom. The van der Waals surface area contributed by atoms with Crippen LogP contribution in [-0.4, -0.2) is 50.1 Å². The van der Waals surface area contributed by atoms with Crippen molar-refractivity contribution in [1.82, 2.24) is 10.3 Å². The smallest absolute Gasteiger partial charge is 0.154 e. The number of hydrogen-bond acceptors (Lipinski definition) is 6. The van der Waals surface area contributed by atoms with Crippen molar-refractivity contribution in [3.63, 3.8) is 0 Å². The van der Waals surface area contributed by atoms with Crippen molar-refractivity contribution < 1.29 is 18.3 Å². The van der Waals surface area contributed by atoms with Gasteiger partial charge in [-0.25, -0.2) is 8.42 Å². The fourth-order valence-electron chi connectivity index (χ4n) is 2.79. The second-order valence-corrected chi connectivity index (χ2v) is 8.71. The molecule has 6 nitrogen and oxygen atoms in total. The summed E-state index contributed by atoms with van der Waals surface area (Å²) in [5.74, 6) is 0.670. The largest absolute Gasteiger partial charge is 0.490 e. The summed E-state index contributed by atoms with van der Waals surface area (Å²) in [7, 11) is -3.23. The molecule has 0 radical (unpaired) electrons. The molecule has 26 heavy (non-hydrogen) atoms. The second kappa shape index (κ2) is 8.62. The number of nitrogens with zero attached hydrogens (tertiary/aromatic N) is 1. The topological polar surface area (TPSA) is 88.5 Å². The lowest BCUT2D eigenvalue weighted by atomic mass is 10.1. The molecule has 1 saturated heterocycles. The molecule has 1 aromatic carbocycles. The van der Waals surface area contributed by atoms with Crippen LogP contribution in [0.1, 0.15) is 18.4 Å². The van der Waals surface area contributed by atoms with E-state index in [0.717, 1.165) is 29.7 Å². The molecule has 1 aliphatic rings. The summed E-state index contributed by atoms with van der Waals surface area (Å²) >= 11 is 0. The highest BCUT2D eigenvalue weighted by Gasteiger charge is 2.17. The quantitative estimate of drug-likeness (QED) is 0.694. The van der Waals surface area contributed by atoms with E-state index in [0.29, 0.717) is 18.4 Å². The van der Waals surface area contributed by atoms with Gasteiger partial charge in [0.25, 0.3) is 0 Å². The van der Waals surface area contributed by atoms with Crippen molar-refractivity contribution in [2.24, 2.45) is 0 Å². The third-order valence-electron chi connectivity index (χ3n) is 4.35. The van der Waals surface area contributed by atoms with Gasteiger partial charge < -0.3 is 15.2 Å². The average Bonchev–Trinajstić information content (AvgIpc) is 2.59. The first-order valence-corrected chi connectivity index (χ1v) is 10.6. The second-order valence-electron chi connectivity index (χ2n) is 6.53. The van der Waals surface area contributed by atoms with E-state index in [1.807, 2.05) is 24.3 Å². The van der Waals surface area contributed by atoms with E-state index in [1.165, 1.54) is 0 Å². The Kier molecular flexibility index (Phi) is 6.24. The molecule has 1 aliphatic heterocycles. The first-order chi connectivity index (χ1) is 12.6. The van der Waals surface area contributed by atoms with Crippen LogP contribution in [-0.2, 0) is 15.6 Å². The normalized spacial score (nSPS) is 16.9. The lowest BCUT2D eigenvalue weighted by molar-refractivity contribution is 0.217. The van der Waals surface area contributed by atoms with Gasteiger partial charge in [-0.2, -0.15) is 0 Å². The number of nitrogens with one attached hydrogen (secondary N) is 1. The summed E-state index contributed by atoms with van der Waals surface area (Å²) in [6.45, 7) is 1.54. The molecular formula is C19H24N2O4S. The molecule has 1 fully saturated rings. The SMILES string of the molecule is O=S(=O)(CCCO)Cc1cccc(-c2cncc(OC[C@@H]3CCN3)c2)c1. The zero-order chi connectivity index (χ0) is 18.4. The molecule has 0 saturated carbocycles. The van der Waals surface area contributed by atoms with Gasteiger partial charge in [0, 0.05) is 24.4 Å². The Morgan fingerprint density at radius 3 is 2.81 bits per heavy atom. The predicted octanol–water partition coefficient (Wildman–Crippen LogP) is 1.79. The summed E-state index contributed by atoms with van der Waals surface area (Å²) in [5, 5.41) is 12.1. The fourth-order valence-corrected chi connectivity index (χ4v) is 4.20. The summed E-state index contributed by atoms with van der Waals surface area (Å²) < 4.78 is 30.0. The summed E-state index contributed by atoms with van der Waals surface area (Å²) in [6, 6.07) is 9.77. The van der Waals surface area contributed by atoms with Gasteiger partial charge in [0.1, 0.15) is 12.4 Å². The van der Waals surface area contributed by atoms with Crippen LogP contribution < -0.4 is 10.1 Å². The Bertz CT molecular complexity index is 835. The van der Waals surface area contributed by atoms with Crippen LogP contribution in [0, 0.1) is 0 Å². The van der Waals surface area contributed by atoms with Crippen molar-refractivity contribution in [2.45, 2.75) is 24.6 Å². The number of rotatable bonds is 9. The molecule has 0 aliphatic carbocycles. The molecule has 140 valence electrons. The predicted molar refractivity (Wildman–Crippen MR) is 101 cm³/mol. The van der Waals surface area contributed by atoms with Crippen LogP contribution in [0.4, 0.5) is 0 Å². The molecule has 0 bridgehead atoms. The minimum atomic E-state index is -3.23. The van der Waals surface area contributed by atoms with Crippen LogP contribution in [0.25, 0.3) is 11.1 Å². The van der Waals surface area contributed by atoms with Crippen molar-refractivity contribution in [3.8, 4) is 16.9 Å². The molecule has 2 N–H and O–H groups in total. The lowest BCUT2D eigenvalue weighted by Crippen LogP contribution is -2.46. The van der Waals surface area contributed by atoms with Gasteiger partial charge in [0.05, 0.1) is 17.7 Å². The third-order valence-corrected chi connectivity index (χ3v) is 6.03. The molecule has 2 aromatic rings. The Labute approximate surface area is 154 Å². The van der Waals surface area contributed by atoms with Gasteiger partial charge in [-0.05, 0) is 36.6 Å². The Morgan fingerprint density at radius 2 is 2.08 bits per heavy atom. The van der Waals surface area contributed by atoms with Crippen molar-refractivity contribution in [3.05, 3.63) is 48.3 Å². The Balaban J connectivity index is 1.71. The number of hydrogen-bond donors (Lipinski definition) is 2. The maximum Gasteiger partial charge on any atom is 0.154 e. The fraction of sp³-hybridized carbons (Fsp3) is 0.421. The van der Waals surface area contributed by atoms with E-state index in [2.05, 4.69) is 10.3 Å². The van der Waals surface area contributed by atoms with E-state index in [9.17, 15) is 8.42 Å². The third kappa shape index (κ3) is 5.27. The number of pyridine rings is 1. The minimum Gasteiger partial charge on any atom is -0.490 e. The van der Waals surface area contributed by atoms with Gasteiger partial charge >= 0.3 is 0 Å². The monoisotopic (exact) mass is 376 g/mol. The molecule has 1 atom stereocenters. The van der Waals surface area contributed by atoms with Crippen molar-refractivity contribution >= 4 is 9.84 Å². The number of aliphatic hydroxyl groups is 1. The van der Waals surface area contributed by atoms with Crippen molar-refractivity contribution in [2.75, 3.05) is 25.5 Å². The van der Waals surface area contributed by atoms with Crippen LogP contribution in [0.15, 0.2) is 42.7 Å².